The molecular weight excluding hydrogens is 226 g/mol. The van der Waals surface area contributed by atoms with Gasteiger partial charge in [0.25, 0.3) is 5.91 Å². The van der Waals surface area contributed by atoms with Crippen LogP contribution in [-0.2, 0) is 11.3 Å². The summed E-state index contributed by atoms with van der Waals surface area (Å²) in [4.78, 5) is 12.1. The zero-order chi connectivity index (χ0) is 13.1. The highest BCUT2D eigenvalue weighted by atomic mass is 16.2. The number of carbonyl (C=O) groups is 1. The van der Waals surface area contributed by atoms with Crippen molar-refractivity contribution in [3.05, 3.63) is 35.4 Å². The summed E-state index contributed by atoms with van der Waals surface area (Å²) in [5, 5.41) is 5.89. The summed E-state index contributed by atoms with van der Waals surface area (Å²) in [6.07, 6.45) is 0.679. The predicted molar refractivity (Wildman–Crippen MR) is 72.0 cm³/mol. The van der Waals surface area contributed by atoms with Crippen LogP contribution in [0, 0.1) is 12.8 Å². The van der Waals surface area contributed by atoms with E-state index in [2.05, 4.69) is 5.10 Å². The van der Waals surface area contributed by atoms with Crippen molar-refractivity contribution in [2.45, 2.75) is 26.8 Å². The smallest absolute Gasteiger partial charge is 0.251 e. The molecule has 2 N–H and O–H groups in total. The number of nitrogens with two attached hydrogens (primary N) is 1. The van der Waals surface area contributed by atoms with Crippen molar-refractivity contribution < 1.29 is 4.79 Å². The summed E-state index contributed by atoms with van der Waals surface area (Å²) in [5.74, 6) is -0.0565. The minimum atomic E-state index is -0.125. The standard InChI is InChI=1S/C14H19N3O/c1-10-3-5-12(6-4-10)9-17-14(18)13(7-8-15)11(2)16-17/h3-6,13H,7-9,15H2,1-2H3. The van der Waals surface area contributed by atoms with Gasteiger partial charge in [-0.05, 0) is 32.4 Å². The fraction of sp³-hybridized carbons (Fsp3) is 0.429. The monoisotopic (exact) mass is 245 g/mol. The van der Waals surface area contributed by atoms with Crippen molar-refractivity contribution >= 4 is 11.6 Å². The van der Waals surface area contributed by atoms with Crippen LogP contribution in [0.4, 0.5) is 0 Å². The third-order valence-corrected chi connectivity index (χ3v) is 3.24. The minimum Gasteiger partial charge on any atom is -0.330 e. The Kier molecular flexibility index (Phi) is 3.77. The van der Waals surface area contributed by atoms with Gasteiger partial charge in [-0.3, -0.25) is 4.79 Å². The molecule has 0 saturated heterocycles. The molecule has 0 spiro atoms. The number of nitrogens with zero attached hydrogens (tertiary/aromatic N) is 2. The van der Waals surface area contributed by atoms with Gasteiger partial charge in [0, 0.05) is 5.71 Å². The van der Waals surface area contributed by atoms with Gasteiger partial charge < -0.3 is 5.73 Å². The Morgan fingerprint density at radius 1 is 1.28 bits per heavy atom. The summed E-state index contributed by atoms with van der Waals surface area (Å²) in [5.41, 5.74) is 8.71. The second-order valence-corrected chi connectivity index (χ2v) is 4.75. The second kappa shape index (κ2) is 5.31. The summed E-state index contributed by atoms with van der Waals surface area (Å²) < 4.78 is 0. The van der Waals surface area contributed by atoms with Crippen LogP contribution >= 0.6 is 0 Å². The van der Waals surface area contributed by atoms with Gasteiger partial charge in [0.05, 0.1) is 12.5 Å². The van der Waals surface area contributed by atoms with E-state index in [0.717, 1.165) is 11.3 Å². The Labute approximate surface area is 107 Å². The molecule has 1 amide bonds. The number of amides is 1. The van der Waals surface area contributed by atoms with Crippen LogP contribution in [0.15, 0.2) is 29.4 Å². The Balaban J connectivity index is 2.07. The molecule has 1 heterocycles. The molecule has 1 aromatic rings. The lowest BCUT2D eigenvalue weighted by Gasteiger charge is -2.14. The molecule has 1 aromatic carbocycles. The number of carbonyl (C=O) groups excluding carboxylic acids is 1. The lowest BCUT2D eigenvalue weighted by atomic mass is 10.0. The largest absolute Gasteiger partial charge is 0.330 e. The average molecular weight is 245 g/mol. The molecule has 0 aliphatic carbocycles. The van der Waals surface area contributed by atoms with Gasteiger partial charge in [0.2, 0.25) is 0 Å². The normalized spacial score (nSPS) is 19.3. The van der Waals surface area contributed by atoms with Crippen molar-refractivity contribution in [2.75, 3.05) is 6.54 Å². The van der Waals surface area contributed by atoms with Crippen LogP contribution in [0.25, 0.3) is 0 Å². The molecule has 4 heteroatoms. The number of aryl methyl sites for hydroxylation is 1. The Morgan fingerprint density at radius 3 is 2.56 bits per heavy atom. The van der Waals surface area contributed by atoms with E-state index in [0.29, 0.717) is 19.5 Å². The van der Waals surface area contributed by atoms with Gasteiger partial charge in [-0.2, -0.15) is 5.10 Å². The summed E-state index contributed by atoms with van der Waals surface area (Å²) in [6.45, 7) is 5.00. The van der Waals surface area contributed by atoms with E-state index in [1.165, 1.54) is 5.56 Å². The van der Waals surface area contributed by atoms with Crippen LogP contribution in [0.1, 0.15) is 24.5 Å². The van der Waals surface area contributed by atoms with Gasteiger partial charge in [-0.15, -0.1) is 0 Å². The van der Waals surface area contributed by atoms with Gasteiger partial charge in [0.1, 0.15) is 0 Å². The number of hydrogen-bond donors (Lipinski definition) is 1. The van der Waals surface area contributed by atoms with Crippen LogP contribution in [-0.4, -0.2) is 23.2 Å². The molecule has 0 bridgehead atoms. The number of hydrazone groups is 1. The number of rotatable bonds is 4. The van der Waals surface area contributed by atoms with E-state index in [1.54, 1.807) is 5.01 Å². The molecule has 1 atom stereocenters. The Morgan fingerprint density at radius 2 is 1.94 bits per heavy atom. The first kappa shape index (κ1) is 12.8. The Bertz CT molecular complexity index is 464. The van der Waals surface area contributed by atoms with Crippen LogP contribution < -0.4 is 5.73 Å². The molecule has 2 rings (SSSR count). The van der Waals surface area contributed by atoms with Gasteiger partial charge >= 0.3 is 0 Å². The Hall–Kier alpha value is -1.68. The van der Waals surface area contributed by atoms with Crippen LogP contribution in [0.3, 0.4) is 0 Å². The van der Waals surface area contributed by atoms with Crippen molar-refractivity contribution in [3.8, 4) is 0 Å². The average Bonchev–Trinajstić information content (AvgIpc) is 2.60. The second-order valence-electron chi connectivity index (χ2n) is 4.75. The zero-order valence-electron chi connectivity index (χ0n) is 10.9. The van der Waals surface area contributed by atoms with E-state index in [1.807, 2.05) is 38.1 Å². The van der Waals surface area contributed by atoms with Crippen molar-refractivity contribution in [2.24, 2.45) is 16.8 Å². The summed E-state index contributed by atoms with van der Waals surface area (Å²) in [6, 6.07) is 8.15. The molecule has 0 fully saturated rings. The number of benzene rings is 1. The third-order valence-electron chi connectivity index (χ3n) is 3.24. The molecule has 96 valence electrons. The highest BCUT2D eigenvalue weighted by Crippen LogP contribution is 2.20. The summed E-state index contributed by atoms with van der Waals surface area (Å²) in [7, 11) is 0. The van der Waals surface area contributed by atoms with Gasteiger partial charge in [0.15, 0.2) is 0 Å². The van der Waals surface area contributed by atoms with Crippen molar-refractivity contribution in [1.82, 2.24) is 5.01 Å². The van der Waals surface area contributed by atoms with Crippen molar-refractivity contribution in [1.29, 1.82) is 0 Å². The molecular formula is C14H19N3O. The maximum Gasteiger partial charge on any atom is 0.251 e. The first-order chi connectivity index (χ1) is 8.61. The highest BCUT2D eigenvalue weighted by Gasteiger charge is 2.32. The maximum absolute atomic E-state index is 12.1. The fourth-order valence-electron chi connectivity index (χ4n) is 2.15. The topological polar surface area (TPSA) is 58.7 Å². The van der Waals surface area contributed by atoms with Gasteiger partial charge in [-0.1, -0.05) is 29.8 Å². The van der Waals surface area contributed by atoms with Crippen LogP contribution in [0.2, 0.25) is 0 Å². The lowest BCUT2D eigenvalue weighted by Crippen LogP contribution is -2.28. The zero-order valence-corrected chi connectivity index (χ0v) is 10.9. The van der Waals surface area contributed by atoms with E-state index in [-0.39, 0.29) is 11.8 Å². The first-order valence-corrected chi connectivity index (χ1v) is 6.24. The quantitative estimate of drug-likeness (QED) is 0.877. The molecule has 1 unspecified atom stereocenters. The van der Waals surface area contributed by atoms with E-state index in [4.69, 9.17) is 5.73 Å². The molecule has 4 nitrogen and oxygen atoms in total. The van der Waals surface area contributed by atoms with Crippen LogP contribution in [0.5, 0.6) is 0 Å². The SMILES string of the molecule is CC1=NN(Cc2ccc(C)cc2)C(=O)C1CCN. The van der Waals surface area contributed by atoms with Crippen molar-refractivity contribution in [3.63, 3.8) is 0 Å². The highest BCUT2D eigenvalue weighted by molar-refractivity contribution is 6.06. The molecule has 0 aromatic heterocycles. The van der Waals surface area contributed by atoms with Gasteiger partial charge in [-0.25, -0.2) is 5.01 Å². The molecule has 0 radical (unpaired) electrons. The minimum absolute atomic E-state index is 0.0681. The molecule has 1 aliphatic heterocycles. The van der Waals surface area contributed by atoms with E-state index in [9.17, 15) is 4.79 Å². The molecule has 18 heavy (non-hydrogen) atoms. The maximum atomic E-state index is 12.1. The van der Waals surface area contributed by atoms with E-state index >= 15 is 0 Å². The molecule has 1 aliphatic rings. The van der Waals surface area contributed by atoms with E-state index < -0.39 is 0 Å². The summed E-state index contributed by atoms with van der Waals surface area (Å²) >= 11 is 0. The third kappa shape index (κ3) is 2.59. The first-order valence-electron chi connectivity index (χ1n) is 6.24. The predicted octanol–water partition coefficient (Wildman–Crippen LogP) is 1.68. The lowest BCUT2D eigenvalue weighted by molar-refractivity contribution is -0.132. The molecule has 0 saturated carbocycles. The number of hydrogen-bond acceptors (Lipinski definition) is 3. The fourth-order valence-corrected chi connectivity index (χ4v) is 2.15.